The highest BCUT2D eigenvalue weighted by Crippen LogP contribution is 2.29. The molecule has 20 heavy (non-hydrogen) atoms. The average molecular weight is 333 g/mol. The van der Waals surface area contributed by atoms with E-state index in [0.29, 0.717) is 0 Å². The molecule has 104 valence electrons. The minimum absolute atomic E-state index is 0.282. The first-order valence-electron chi connectivity index (χ1n) is 6.48. The van der Waals surface area contributed by atoms with Gasteiger partial charge in [-0.2, -0.15) is 0 Å². The molecule has 2 nitrogen and oxygen atoms in total. The Morgan fingerprint density at radius 1 is 0.950 bits per heavy atom. The van der Waals surface area contributed by atoms with Crippen LogP contribution in [0.3, 0.4) is 0 Å². The molecule has 0 saturated heterocycles. The Hall–Kier alpha value is -1.61. The molecule has 0 heterocycles. The molecule has 0 aliphatic carbocycles. The van der Waals surface area contributed by atoms with Crippen molar-refractivity contribution in [2.45, 2.75) is 24.3 Å². The molecule has 0 fully saturated rings. The summed E-state index contributed by atoms with van der Waals surface area (Å²) in [5.41, 5.74) is 1.92. The summed E-state index contributed by atoms with van der Waals surface area (Å²) in [5.74, 6) is -0.282. The summed E-state index contributed by atoms with van der Waals surface area (Å²) in [4.78, 5) is 12.2. The molecule has 0 saturated carbocycles. The Kier molecular flexibility index (Phi) is 4.61. The second-order valence-corrected chi connectivity index (χ2v) is 7.06. The number of benzene rings is 2. The number of carbonyl (C=O) groups is 1. The molecule has 2 rings (SSSR count). The van der Waals surface area contributed by atoms with Crippen LogP contribution in [0.25, 0.3) is 0 Å². The van der Waals surface area contributed by atoms with Crippen LogP contribution in [-0.4, -0.2) is 10.3 Å². The highest BCUT2D eigenvalue weighted by Gasteiger charge is 2.29. The predicted octanol–water partition coefficient (Wildman–Crippen LogP) is 4.49. The van der Waals surface area contributed by atoms with Crippen molar-refractivity contribution in [3.63, 3.8) is 0 Å². The van der Waals surface area contributed by atoms with Crippen LogP contribution >= 0.6 is 15.9 Å². The molecule has 0 spiro atoms. The Morgan fingerprint density at radius 3 is 1.70 bits per heavy atom. The molecule has 0 aliphatic heterocycles. The lowest BCUT2D eigenvalue weighted by Crippen LogP contribution is -2.28. The SMILES string of the molecule is CC(C)(Br)C(=O)OC(c1ccccc1)c1ccccc1. The summed E-state index contributed by atoms with van der Waals surface area (Å²) in [7, 11) is 0. The number of hydrogen-bond acceptors (Lipinski definition) is 2. The maximum Gasteiger partial charge on any atom is 0.323 e. The average Bonchev–Trinajstić information content (AvgIpc) is 2.45. The zero-order valence-corrected chi connectivity index (χ0v) is 13.1. The summed E-state index contributed by atoms with van der Waals surface area (Å²) >= 11 is 3.34. The lowest BCUT2D eigenvalue weighted by atomic mass is 10.0. The monoisotopic (exact) mass is 332 g/mol. The van der Waals surface area contributed by atoms with Crippen LogP contribution in [-0.2, 0) is 9.53 Å². The molecule has 0 radical (unpaired) electrons. The smallest absolute Gasteiger partial charge is 0.323 e. The summed E-state index contributed by atoms with van der Waals surface area (Å²) in [5, 5.41) is 0. The lowest BCUT2D eigenvalue weighted by Gasteiger charge is -2.23. The standard InChI is InChI=1S/C17H17BrO2/c1-17(2,18)16(19)20-15(13-9-5-3-6-10-13)14-11-7-4-8-12-14/h3-12,15H,1-2H3. The fourth-order valence-electron chi connectivity index (χ4n) is 1.83. The number of halogens is 1. The van der Waals surface area contributed by atoms with Gasteiger partial charge in [0.25, 0.3) is 0 Å². The second kappa shape index (κ2) is 6.23. The van der Waals surface area contributed by atoms with Crippen molar-refractivity contribution in [2.24, 2.45) is 0 Å². The first kappa shape index (κ1) is 14.8. The van der Waals surface area contributed by atoms with Crippen molar-refractivity contribution in [1.29, 1.82) is 0 Å². The number of ether oxygens (including phenoxy) is 1. The van der Waals surface area contributed by atoms with Crippen molar-refractivity contribution < 1.29 is 9.53 Å². The molecular formula is C17H17BrO2. The van der Waals surface area contributed by atoms with Crippen molar-refractivity contribution in [2.75, 3.05) is 0 Å². The summed E-state index contributed by atoms with van der Waals surface area (Å²) < 4.78 is 5.00. The fraction of sp³-hybridized carbons (Fsp3) is 0.235. The van der Waals surface area contributed by atoms with Crippen LogP contribution < -0.4 is 0 Å². The van der Waals surface area contributed by atoms with Crippen LogP contribution in [0.4, 0.5) is 0 Å². The van der Waals surface area contributed by atoms with Crippen LogP contribution in [0.1, 0.15) is 31.1 Å². The van der Waals surface area contributed by atoms with E-state index in [-0.39, 0.29) is 12.1 Å². The predicted molar refractivity (Wildman–Crippen MR) is 83.8 cm³/mol. The maximum absolute atomic E-state index is 12.2. The van der Waals surface area contributed by atoms with Gasteiger partial charge in [0.2, 0.25) is 0 Å². The molecule has 3 heteroatoms. The topological polar surface area (TPSA) is 26.3 Å². The second-order valence-electron chi connectivity index (χ2n) is 5.08. The molecule has 0 bridgehead atoms. The van der Waals surface area contributed by atoms with E-state index in [1.54, 1.807) is 13.8 Å². The van der Waals surface area contributed by atoms with Crippen LogP contribution in [0.15, 0.2) is 60.7 Å². The van der Waals surface area contributed by atoms with Gasteiger partial charge in [0.05, 0.1) is 0 Å². The molecule has 2 aromatic carbocycles. The first-order valence-corrected chi connectivity index (χ1v) is 7.27. The molecule has 0 aliphatic rings. The number of carbonyl (C=O) groups excluding carboxylic acids is 1. The Balaban J connectivity index is 2.34. The Morgan fingerprint density at radius 2 is 1.35 bits per heavy atom. The Labute approximate surface area is 127 Å². The highest BCUT2D eigenvalue weighted by molar-refractivity contribution is 9.10. The van der Waals surface area contributed by atoms with E-state index < -0.39 is 4.32 Å². The maximum atomic E-state index is 12.2. The molecular weight excluding hydrogens is 316 g/mol. The van der Waals surface area contributed by atoms with Gasteiger partial charge in [0.1, 0.15) is 4.32 Å². The molecule has 2 aromatic rings. The molecule has 0 unspecified atom stereocenters. The normalized spacial score (nSPS) is 11.4. The van der Waals surface area contributed by atoms with Crippen molar-refractivity contribution >= 4 is 21.9 Å². The minimum atomic E-state index is -0.700. The molecule has 0 N–H and O–H groups in total. The van der Waals surface area contributed by atoms with Gasteiger partial charge in [-0.15, -0.1) is 0 Å². The molecule has 0 aromatic heterocycles. The quantitative estimate of drug-likeness (QED) is 0.609. The van der Waals surface area contributed by atoms with Crippen LogP contribution in [0.2, 0.25) is 0 Å². The van der Waals surface area contributed by atoms with E-state index in [9.17, 15) is 4.79 Å². The zero-order chi connectivity index (χ0) is 14.6. The van der Waals surface area contributed by atoms with E-state index in [1.165, 1.54) is 0 Å². The van der Waals surface area contributed by atoms with Gasteiger partial charge in [-0.25, -0.2) is 0 Å². The molecule has 0 amide bonds. The largest absolute Gasteiger partial charge is 0.452 e. The van der Waals surface area contributed by atoms with Crippen molar-refractivity contribution in [3.05, 3.63) is 71.8 Å². The first-order chi connectivity index (χ1) is 9.48. The number of alkyl halides is 1. The van der Waals surface area contributed by atoms with Gasteiger partial charge < -0.3 is 4.74 Å². The third-order valence-electron chi connectivity index (χ3n) is 2.91. The third kappa shape index (κ3) is 3.70. The van der Waals surface area contributed by atoms with Gasteiger partial charge in [0.15, 0.2) is 6.10 Å². The van der Waals surface area contributed by atoms with E-state index in [0.717, 1.165) is 11.1 Å². The van der Waals surface area contributed by atoms with E-state index in [2.05, 4.69) is 15.9 Å². The van der Waals surface area contributed by atoms with Gasteiger partial charge in [-0.3, -0.25) is 4.79 Å². The Bertz CT molecular complexity index is 519. The number of hydrogen-bond donors (Lipinski definition) is 0. The summed E-state index contributed by atoms with van der Waals surface area (Å²) in [6.45, 7) is 3.56. The van der Waals surface area contributed by atoms with E-state index in [4.69, 9.17) is 4.74 Å². The lowest BCUT2D eigenvalue weighted by molar-refractivity contribution is -0.149. The number of esters is 1. The van der Waals surface area contributed by atoms with E-state index in [1.807, 2.05) is 60.7 Å². The zero-order valence-electron chi connectivity index (χ0n) is 11.5. The van der Waals surface area contributed by atoms with Gasteiger partial charge in [-0.1, -0.05) is 76.6 Å². The van der Waals surface area contributed by atoms with Crippen LogP contribution in [0.5, 0.6) is 0 Å². The highest BCUT2D eigenvalue weighted by atomic mass is 79.9. The van der Waals surface area contributed by atoms with Crippen LogP contribution in [0, 0.1) is 0 Å². The fourth-order valence-corrected chi connectivity index (χ4v) is 1.92. The summed E-state index contributed by atoms with van der Waals surface area (Å²) in [6, 6.07) is 19.5. The van der Waals surface area contributed by atoms with Crippen molar-refractivity contribution in [3.8, 4) is 0 Å². The number of rotatable bonds is 4. The van der Waals surface area contributed by atoms with Gasteiger partial charge >= 0.3 is 5.97 Å². The minimum Gasteiger partial charge on any atom is -0.452 e. The van der Waals surface area contributed by atoms with E-state index >= 15 is 0 Å². The van der Waals surface area contributed by atoms with Crippen molar-refractivity contribution in [1.82, 2.24) is 0 Å². The van der Waals surface area contributed by atoms with Gasteiger partial charge in [-0.05, 0) is 25.0 Å². The van der Waals surface area contributed by atoms with Gasteiger partial charge in [0, 0.05) is 0 Å². The molecule has 0 atom stereocenters. The summed E-state index contributed by atoms with van der Waals surface area (Å²) in [6.07, 6.45) is -0.387. The third-order valence-corrected chi connectivity index (χ3v) is 3.24.